The number of rotatable bonds is 3. The minimum atomic E-state index is -4.17. The molecule has 1 aromatic rings. The van der Waals surface area contributed by atoms with E-state index in [4.69, 9.17) is 5.11 Å². The van der Waals surface area contributed by atoms with E-state index in [1.807, 2.05) is 0 Å². The summed E-state index contributed by atoms with van der Waals surface area (Å²) in [4.78, 5) is 1.09. The topological polar surface area (TPSA) is 54.4 Å². The first-order valence-corrected chi connectivity index (χ1v) is 7.43. The number of hydrogen-bond acceptors (Lipinski definition) is 3. The molecule has 1 unspecified atom stereocenters. The Morgan fingerprint density at radius 1 is 1.29 bits per heavy atom. The van der Waals surface area contributed by atoms with Crippen molar-refractivity contribution in [3.8, 4) is 0 Å². The van der Waals surface area contributed by atoms with Crippen molar-refractivity contribution in [1.29, 1.82) is 0 Å². The average Bonchev–Trinajstić information content (AvgIpc) is 2.16. The normalized spacial score (nSPS) is 14.4. The first-order chi connectivity index (χ1) is 6.52. The molecule has 0 amide bonds. The molecule has 1 rings (SSSR count). The van der Waals surface area contributed by atoms with Crippen molar-refractivity contribution in [2.24, 2.45) is 0 Å². The van der Waals surface area contributed by atoms with Crippen LogP contribution in [0, 0.1) is 0 Å². The monoisotopic (exact) mass is 260 g/mol. The minimum absolute atomic E-state index is 0.306. The number of aliphatic hydroxyl groups excluding tert-OH is 1. The fourth-order valence-corrected chi connectivity index (χ4v) is 3.27. The van der Waals surface area contributed by atoms with Gasteiger partial charge in [-0.3, -0.25) is 0 Å². The molecule has 0 aliphatic rings. The summed E-state index contributed by atoms with van der Waals surface area (Å²) in [5, 5.41) is 8.92. The van der Waals surface area contributed by atoms with Gasteiger partial charge in [0.2, 0.25) is 0 Å². The van der Waals surface area contributed by atoms with E-state index < -0.39 is 18.8 Å². The van der Waals surface area contributed by atoms with Crippen LogP contribution in [0.15, 0.2) is 41.4 Å². The molecule has 1 aromatic carbocycles. The fraction of sp³-hybridized carbons (Fsp3) is 0.200. The Balaban J connectivity index is 2.99. The van der Waals surface area contributed by atoms with E-state index in [9.17, 15) is 7.67 Å². The van der Waals surface area contributed by atoms with Crippen molar-refractivity contribution >= 4 is 17.2 Å². The third-order valence-electron chi connectivity index (χ3n) is 1.61. The van der Waals surface area contributed by atoms with Crippen LogP contribution in [-0.2, 0) is 7.67 Å². The summed E-state index contributed by atoms with van der Waals surface area (Å²) in [6, 6.07) is 8.20. The van der Waals surface area contributed by atoms with Crippen LogP contribution in [0.4, 0.5) is 0 Å². The van der Waals surface area contributed by atoms with Crippen molar-refractivity contribution in [1.82, 2.24) is 0 Å². The SMILES string of the molecule is CC(O)/C=C\[Se](=O)(=O)c1ccccc1. The molecule has 0 saturated heterocycles. The Bertz CT molecular complexity index is 404. The van der Waals surface area contributed by atoms with Gasteiger partial charge in [0.1, 0.15) is 0 Å². The van der Waals surface area contributed by atoms with Gasteiger partial charge in [-0.2, -0.15) is 0 Å². The third kappa shape index (κ3) is 3.07. The van der Waals surface area contributed by atoms with Crippen molar-refractivity contribution in [3.63, 3.8) is 0 Å². The molecule has 0 aliphatic heterocycles. The van der Waals surface area contributed by atoms with E-state index in [0.717, 1.165) is 4.97 Å². The average molecular weight is 259 g/mol. The molecular formula is C10H12O3Se. The van der Waals surface area contributed by atoms with Gasteiger partial charge in [-0.1, -0.05) is 0 Å². The summed E-state index contributed by atoms with van der Waals surface area (Å²) in [6.45, 7) is 1.51. The molecule has 0 fully saturated rings. The molecule has 3 nitrogen and oxygen atoms in total. The van der Waals surface area contributed by atoms with Crippen LogP contribution in [0.3, 0.4) is 0 Å². The Morgan fingerprint density at radius 2 is 1.86 bits per heavy atom. The van der Waals surface area contributed by atoms with Gasteiger partial charge in [-0.25, -0.2) is 0 Å². The molecule has 0 aliphatic carbocycles. The van der Waals surface area contributed by atoms with E-state index in [-0.39, 0.29) is 0 Å². The molecular weight excluding hydrogens is 247 g/mol. The van der Waals surface area contributed by atoms with Gasteiger partial charge in [0.25, 0.3) is 0 Å². The summed E-state index contributed by atoms with van der Waals surface area (Å²) < 4.78 is 23.5. The first kappa shape index (κ1) is 11.1. The maximum atomic E-state index is 11.6. The zero-order valence-electron chi connectivity index (χ0n) is 7.79. The van der Waals surface area contributed by atoms with E-state index in [1.54, 1.807) is 30.3 Å². The molecule has 4 heteroatoms. The first-order valence-electron chi connectivity index (χ1n) is 4.19. The third-order valence-corrected chi connectivity index (χ3v) is 4.64. The Labute approximate surface area is 84.7 Å². The standard InChI is InChI=1S/C10H12O3Se/c1-9(11)7-8-14(12,13)10-5-3-2-4-6-10/h2-9,11H,1H3/b8-7-. The summed E-state index contributed by atoms with van der Waals surface area (Å²) in [5.41, 5.74) is 0. The summed E-state index contributed by atoms with van der Waals surface area (Å²) in [7, 11) is 0. The zero-order chi connectivity index (χ0) is 10.6. The molecule has 0 saturated carbocycles. The van der Waals surface area contributed by atoms with E-state index >= 15 is 0 Å². The van der Waals surface area contributed by atoms with Gasteiger partial charge >= 0.3 is 84.4 Å². The second-order valence-corrected chi connectivity index (χ2v) is 6.77. The van der Waals surface area contributed by atoms with Gasteiger partial charge in [0.05, 0.1) is 0 Å². The molecule has 0 heterocycles. The number of aliphatic hydroxyl groups is 1. The summed E-state index contributed by atoms with van der Waals surface area (Å²) in [5.74, 6) is 0. The van der Waals surface area contributed by atoms with Crippen molar-refractivity contribution < 1.29 is 12.8 Å². The number of benzene rings is 1. The van der Waals surface area contributed by atoms with Crippen LogP contribution in [-0.4, -0.2) is 23.9 Å². The van der Waals surface area contributed by atoms with Crippen LogP contribution in [0.25, 0.3) is 0 Å². The van der Waals surface area contributed by atoms with Crippen LogP contribution in [0.5, 0.6) is 0 Å². The second-order valence-electron chi connectivity index (χ2n) is 2.93. The van der Waals surface area contributed by atoms with E-state index in [2.05, 4.69) is 0 Å². The molecule has 0 bridgehead atoms. The van der Waals surface area contributed by atoms with Crippen LogP contribution in [0.2, 0.25) is 0 Å². The molecule has 1 N–H and O–H groups in total. The van der Waals surface area contributed by atoms with Gasteiger partial charge in [0, 0.05) is 0 Å². The quantitative estimate of drug-likeness (QED) is 0.812. The van der Waals surface area contributed by atoms with Gasteiger partial charge < -0.3 is 0 Å². The van der Waals surface area contributed by atoms with E-state index in [0.29, 0.717) is 4.46 Å². The Morgan fingerprint density at radius 3 is 2.36 bits per heavy atom. The molecule has 0 radical (unpaired) electrons. The van der Waals surface area contributed by atoms with Gasteiger partial charge in [-0.15, -0.1) is 0 Å². The van der Waals surface area contributed by atoms with Crippen molar-refractivity contribution in [2.75, 3.05) is 0 Å². The van der Waals surface area contributed by atoms with Crippen molar-refractivity contribution in [3.05, 3.63) is 41.4 Å². The molecule has 0 spiro atoms. The Kier molecular flexibility index (Phi) is 3.58. The molecule has 1 atom stereocenters. The molecule has 0 aromatic heterocycles. The maximum absolute atomic E-state index is 11.6. The summed E-state index contributed by atoms with van der Waals surface area (Å²) in [6.07, 6.45) is 0.533. The Hall–Kier alpha value is -0.961. The van der Waals surface area contributed by atoms with Crippen LogP contribution >= 0.6 is 0 Å². The van der Waals surface area contributed by atoms with Gasteiger partial charge in [-0.05, 0) is 0 Å². The predicted molar refractivity (Wildman–Crippen MR) is 54.0 cm³/mol. The predicted octanol–water partition coefficient (Wildman–Crippen LogP) is 0.673. The van der Waals surface area contributed by atoms with E-state index in [1.165, 1.54) is 13.0 Å². The van der Waals surface area contributed by atoms with Gasteiger partial charge in [0.15, 0.2) is 0 Å². The van der Waals surface area contributed by atoms with Crippen LogP contribution in [0.1, 0.15) is 6.92 Å². The zero-order valence-corrected chi connectivity index (χ0v) is 9.50. The summed E-state index contributed by atoms with van der Waals surface area (Å²) >= 11 is -4.17. The van der Waals surface area contributed by atoms with Crippen LogP contribution < -0.4 is 4.46 Å². The van der Waals surface area contributed by atoms with Crippen molar-refractivity contribution in [2.45, 2.75) is 13.0 Å². The molecule has 76 valence electrons. The molecule has 14 heavy (non-hydrogen) atoms. The fourth-order valence-electron chi connectivity index (χ4n) is 0.906. The number of hydrogen-bond donors (Lipinski definition) is 1. The second kappa shape index (κ2) is 4.51.